The molecule has 1 amide bonds. The molecule has 0 saturated heterocycles. The fraction of sp³-hybridized carbons (Fsp3) is 0.267. The Morgan fingerprint density at radius 3 is 2.86 bits per heavy atom. The van der Waals surface area contributed by atoms with Crippen LogP contribution in [0.25, 0.3) is 10.1 Å². The van der Waals surface area contributed by atoms with Gasteiger partial charge in [-0.2, -0.15) is 0 Å². The largest absolute Gasteiger partial charge is 0.423 e. The van der Waals surface area contributed by atoms with Crippen LogP contribution < -0.4 is 0 Å². The Labute approximate surface area is 126 Å². The van der Waals surface area contributed by atoms with Gasteiger partial charge in [-0.05, 0) is 35.0 Å². The van der Waals surface area contributed by atoms with Crippen LogP contribution in [0.15, 0.2) is 34.1 Å². The highest BCUT2D eigenvalue weighted by Gasteiger charge is 2.15. The van der Waals surface area contributed by atoms with Gasteiger partial charge < -0.3 is 9.32 Å². The van der Waals surface area contributed by atoms with Crippen molar-refractivity contribution in [1.82, 2.24) is 15.1 Å². The average Bonchev–Trinajstić information content (AvgIpc) is 3.13. The number of benzene rings is 1. The van der Waals surface area contributed by atoms with E-state index in [1.807, 2.05) is 36.6 Å². The highest BCUT2D eigenvalue weighted by Crippen LogP contribution is 2.22. The summed E-state index contributed by atoms with van der Waals surface area (Å²) >= 11 is 1.67. The maximum Gasteiger partial charge on any atom is 0.254 e. The van der Waals surface area contributed by atoms with Crippen molar-refractivity contribution >= 4 is 27.3 Å². The van der Waals surface area contributed by atoms with Gasteiger partial charge >= 0.3 is 0 Å². The molecule has 6 heteroatoms. The van der Waals surface area contributed by atoms with E-state index >= 15 is 0 Å². The lowest BCUT2D eigenvalue weighted by molar-refractivity contribution is 0.0772. The first-order chi connectivity index (χ1) is 10.2. The number of thiophene rings is 1. The van der Waals surface area contributed by atoms with Gasteiger partial charge in [0.1, 0.15) is 0 Å². The van der Waals surface area contributed by atoms with E-state index in [-0.39, 0.29) is 5.91 Å². The maximum atomic E-state index is 12.4. The Balaban J connectivity index is 1.76. The summed E-state index contributed by atoms with van der Waals surface area (Å²) in [5, 5.41) is 10.9. The first-order valence-electron chi connectivity index (χ1n) is 6.71. The van der Waals surface area contributed by atoms with Gasteiger partial charge in [-0.15, -0.1) is 21.5 Å². The molecule has 0 N–H and O–H groups in total. The van der Waals surface area contributed by atoms with Gasteiger partial charge in [-0.25, -0.2) is 0 Å². The number of hydrogen-bond donors (Lipinski definition) is 0. The van der Waals surface area contributed by atoms with Crippen LogP contribution in [0.1, 0.15) is 29.1 Å². The first kappa shape index (κ1) is 13.8. The van der Waals surface area contributed by atoms with E-state index in [2.05, 4.69) is 10.2 Å². The number of carbonyl (C=O) groups is 1. The van der Waals surface area contributed by atoms with Crippen LogP contribution in [-0.4, -0.2) is 28.1 Å². The van der Waals surface area contributed by atoms with Crippen molar-refractivity contribution in [1.29, 1.82) is 0 Å². The van der Waals surface area contributed by atoms with Crippen LogP contribution in [-0.2, 0) is 13.0 Å². The standard InChI is InChI=1S/C15H15N3O2S/c1-3-13-16-17-14(20-13)9-18(2)15(19)11-4-5-12-10(8-11)6-7-21-12/h4-8H,3,9H2,1-2H3. The van der Waals surface area contributed by atoms with E-state index in [9.17, 15) is 4.79 Å². The molecule has 5 nitrogen and oxygen atoms in total. The number of aryl methyl sites for hydroxylation is 1. The fourth-order valence-corrected chi connectivity index (χ4v) is 2.86. The molecule has 3 aromatic rings. The quantitative estimate of drug-likeness (QED) is 0.743. The van der Waals surface area contributed by atoms with Crippen molar-refractivity contribution in [2.45, 2.75) is 19.9 Å². The van der Waals surface area contributed by atoms with Crippen LogP contribution in [0.3, 0.4) is 0 Å². The van der Waals surface area contributed by atoms with Gasteiger partial charge in [-0.3, -0.25) is 4.79 Å². The van der Waals surface area contributed by atoms with E-state index in [1.165, 1.54) is 4.70 Å². The summed E-state index contributed by atoms with van der Waals surface area (Å²) in [6.45, 7) is 2.26. The predicted octanol–water partition coefficient (Wildman–Crippen LogP) is 3.12. The van der Waals surface area contributed by atoms with Crippen molar-refractivity contribution < 1.29 is 9.21 Å². The van der Waals surface area contributed by atoms with Gasteiger partial charge in [0.05, 0.1) is 6.54 Å². The fourth-order valence-electron chi connectivity index (χ4n) is 2.09. The lowest BCUT2D eigenvalue weighted by Crippen LogP contribution is -2.26. The van der Waals surface area contributed by atoms with Gasteiger partial charge in [0.2, 0.25) is 11.8 Å². The molecule has 0 bridgehead atoms. The highest BCUT2D eigenvalue weighted by atomic mass is 32.1. The molecular formula is C15H15N3O2S. The molecule has 0 unspecified atom stereocenters. The second-order valence-electron chi connectivity index (χ2n) is 4.78. The monoisotopic (exact) mass is 301 g/mol. The highest BCUT2D eigenvalue weighted by molar-refractivity contribution is 7.17. The van der Waals surface area contributed by atoms with Crippen molar-refractivity contribution in [2.75, 3.05) is 7.05 Å². The second kappa shape index (κ2) is 5.65. The van der Waals surface area contributed by atoms with Crippen LogP contribution >= 0.6 is 11.3 Å². The Hall–Kier alpha value is -2.21. The molecule has 108 valence electrons. The van der Waals surface area contributed by atoms with E-state index in [1.54, 1.807) is 23.3 Å². The predicted molar refractivity (Wildman–Crippen MR) is 81.3 cm³/mol. The molecule has 0 aliphatic carbocycles. The Kier molecular flexibility index (Phi) is 3.70. The molecule has 0 saturated carbocycles. The van der Waals surface area contributed by atoms with Crippen molar-refractivity contribution in [3.05, 3.63) is 47.0 Å². The number of nitrogens with zero attached hydrogens (tertiary/aromatic N) is 3. The number of fused-ring (bicyclic) bond motifs is 1. The Morgan fingerprint density at radius 2 is 2.10 bits per heavy atom. The molecule has 0 spiro atoms. The van der Waals surface area contributed by atoms with Crippen LogP contribution in [0.5, 0.6) is 0 Å². The summed E-state index contributed by atoms with van der Waals surface area (Å²) in [4.78, 5) is 14.0. The SMILES string of the molecule is CCc1nnc(CN(C)C(=O)c2ccc3sccc3c2)o1. The molecule has 21 heavy (non-hydrogen) atoms. The average molecular weight is 301 g/mol. The molecule has 2 heterocycles. The lowest BCUT2D eigenvalue weighted by atomic mass is 10.1. The number of rotatable bonds is 4. The normalized spacial score (nSPS) is 11.0. The number of hydrogen-bond acceptors (Lipinski definition) is 5. The molecular weight excluding hydrogens is 286 g/mol. The van der Waals surface area contributed by atoms with E-state index < -0.39 is 0 Å². The Bertz CT molecular complexity index is 778. The molecule has 0 fully saturated rings. The van der Waals surface area contributed by atoms with Gasteiger partial charge in [0.25, 0.3) is 5.91 Å². The zero-order chi connectivity index (χ0) is 14.8. The van der Waals surface area contributed by atoms with Gasteiger partial charge in [0.15, 0.2) is 0 Å². The first-order valence-corrected chi connectivity index (χ1v) is 7.59. The molecule has 0 radical (unpaired) electrons. The van der Waals surface area contributed by atoms with E-state index in [0.29, 0.717) is 30.3 Å². The molecule has 0 atom stereocenters. The summed E-state index contributed by atoms with van der Waals surface area (Å²) in [5.41, 5.74) is 0.665. The third-order valence-corrected chi connectivity index (χ3v) is 4.13. The summed E-state index contributed by atoms with van der Waals surface area (Å²) in [6, 6.07) is 7.75. The number of carbonyl (C=O) groups excluding carboxylic acids is 1. The summed E-state index contributed by atoms with van der Waals surface area (Å²) in [6.07, 6.45) is 0.694. The maximum absolute atomic E-state index is 12.4. The van der Waals surface area contributed by atoms with Crippen LogP contribution in [0.2, 0.25) is 0 Å². The van der Waals surface area contributed by atoms with E-state index in [0.717, 1.165) is 5.39 Å². The topological polar surface area (TPSA) is 59.2 Å². The minimum absolute atomic E-state index is 0.0562. The zero-order valence-corrected chi connectivity index (χ0v) is 12.7. The third kappa shape index (κ3) is 2.80. The summed E-state index contributed by atoms with van der Waals surface area (Å²) in [5.74, 6) is 0.990. The third-order valence-electron chi connectivity index (χ3n) is 3.23. The summed E-state index contributed by atoms with van der Waals surface area (Å²) < 4.78 is 6.61. The second-order valence-corrected chi connectivity index (χ2v) is 5.73. The summed E-state index contributed by atoms with van der Waals surface area (Å²) in [7, 11) is 1.73. The van der Waals surface area contributed by atoms with Gasteiger partial charge in [0, 0.05) is 23.7 Å². The molecule has 0 aliphatic heterocycles. The van der Waals surface area contributed by atoms with Gasteiger partial charge in [-0.1, -0.05) is 6.92 Å². The molecule has 1 aromatic carbocycles. The molecule has 0 aliphatic rings. The van der Waals surface area contributed by atoms with Crippen LogP contribution in [0.4, 0.5) is 0 Å². The smallest absolute Gasteiger partial charge is 0.254 e. The molecule has 2 aromatic heterocycles. The zero-order valence-electron chi connectivity index (χ0n) is 11.9. The Morgan fingerprint density at radius 1 is 1.29 bits per heavy atom. The van der Waals surface area contributed by atoms with Crippen molar-refractivity contribution in [2.24, 2.45) is 0 Å². The molecule has 3 rings (SSSR count). The number of aromatic nitrogens is 2. The van der Waals surface area contributed by atoms with Crippen molar-refractivity contribution in [3.8, 4) is 0 Å². The number of amides is 1. The minimum Gasteiger partial charge on any atom is -0.423 e. The van der Waals surface area contributed by atoms with Crippen LogP contribution in [0, 0.1) is 0 Å². The lowest BCUT2D eigenvalue weighted by Gasteiger charge is -2.14. The van der Waals surface area contributed by atoms with Crippen molar-refractivity contribution in [3.63, 3.8) is 0 Å². The minimum atomic E-state index is -0.0562. The van der Waals surface area contributed by atoms with E-state index in [4.69, 9.17) is 4.42 Å².